The Kier molecular flexibility index (Phi) is 2.39. The lowest BCUT2D eigenvalue weighted by atomic mass is 10.2. The Labute approximate surface area is 97.3 Å². The maximum Gasteiger partial charge on any atom is 0.129 e. The molecule has 1 aliphatic heterocycles. The van der Waals surface area contributed by atoms with Crippen molar-refractivity contribution >= 4 is 33.2 Å². The van der Waals surface area contributed by atoms with E-state index in [-0.39, 0.29) is 0 Å². The van der Waals surface area contributed by atoms with Gasteiger partial charge in [0, 0.05) is 10.9 Å². The van der Waals surface area contributed by atoms with Gasteiger partial charge in [0.15, 0.2) is 0 Å². The van der Waals surface area contributed by atoms with Crippen LogP contribution in [0, 0.1) is 0 Å². The van der Waals surface area contributed by atoms with E-state index in [4.69, 9.17) is 11.6 Å². The van der Waals surface area contributed by atoms with Crippen LogP contribution in [0.25, 0.3) is 10.2 Å². The SMILES string of the molecule is Clc1ccc2sc(C3CCCN3)cc2n1. The number of fused-ring (bicyclic) bond motifs is 1. The summed E-state index contributed by atoms with van der Waals surface area (Å²) in [6.07, 6.45) is 2.51. The standard InChI is InChI=1S/C11H11ClN2S/c12-11-4-3-9-8(14-11)6-10(15-9)7-2-1-5-13-7/h3-4,6-7,13H,1-2,5H2. The minimum atomic E-state index is 0.531. The number of thiophene rings is 1. The molecule has 2 nitrogen and oxygen atoms in total. The highest BCUT2D eigenvalue weighted by Gasteiger charge is 2.18. The first-order valence-electron chi connectivity index (χ1n) is 5.12. The zero-order chi connectivity index (χ0) is 10.3. The molecule has 3 heterocycles. The van der Waals surface area contributed by atoms with Gasteiger partial charge in [-0.25, -0.2) is 4.98 Å². The highest BCUT2D eigenvalue weighted by atomic mass is 35.5. The van der Waals surface area contributed by atoms with E-state index < -0.39 is 0 Å². The molecule has 0 aliphatic carbocycles. The molecule has 0 bridgehead atoms. The van der Waals surface area contributed by atoms with Crippen molar-refractivity contribution in [2.45, 2.75) is 18.9 Å². The van der Waals surface area contributed by atoms with Crippen LogP contribution in [0.2, 0.25) is 5.15 Å². The molecule has 1 saturated heterocycles. The van der Waals surface area contributed by atoms with E-state index >= 15 is 0 Å². The van der Waals surface area contributed by atoms with E-state index in [1.807, 2.05) is 23.5 Å². The number of pyridine rings is 1. The number of halogens is 1. The smallest absolute Gasteiger partial charge is 0.129 e. The summed E-state index contributed by atoms with van der Waals surface area (Å²) in [7, 11) is 0. The number of aromatic nitrogens is 1. The van der Waals surface area contributed by atoms with Crippen LogP contribution in [0.5, 0.6) is 0 Å². The van der Waals surface area contributed by atoms with Gasteiger partial charge in [0.2, 0.25) is 0 Å². The van der Waals surface area contributed by atoms with Crippen LogP contribution in [-0.2, 0) is 0 Å². The molecule has 0 aromatic carbocycles. The first-order chi connectivity index (χ1) is 7.33. The van der Waals surface area contributed by atoms with Gasteiger partial charge in [-0.15, -0.1) is 11.3 Å². The van der Waals surface area contributed by atoms with Crippen molar-refractivity contribution in [1.29, 1.82) is 0 Å². The predicted molar refractivity (Wildman–Crippen MR) is 64.6 cm³/mol. The molecule has 3 rings (SSSR count). The predicted octanol–water partition coefficient (Wildman–Crippen LogP) is 3.37. The molecule has 1 unspecified atom stereocenters. The third-order valence-electron chi connectivity index (χ3n) is 2.76. The van der Waals surface area contributed by atoms with E-state index in [2.05, 4.69) is 16.4 Å². The van der Waals surface area contributed by atoms with E-state index in [0.29, 0.717) is 11.2 Å². The summed E-state index contributed by atoms with van der Waals surface area (Å²) in [5.74, 6) is 0. The lowest BCUT2D eigenvalue weighted by Gasteiger charge is -2.05. The second kappa shape index (κ2) is 3.74. The van der Waals surface area contributed by atoms with Crippen LogP contribution < -0.4 is 5.32 Å². The molecular weight excluding hydrogens is 228 g/mol. The molecular formula is C11H11ClN2S. The maximum absolute atomic E-state index is 5.87. The summed E-state index contributed by atoms with van der Waals surface area (Å²) in [5, 5.41) is 4.07. The number of nitrogens with zero attached hydrogens (tertiary/aromatic N) is 1. The lowest BCUT2D eigenvalue weighted by Crippen LogP contribution is -2.11. The van der Waals surface area contributed by atoms with Crippen molar-refractivity contribution in [3.8, 4) is 0 Å². The van der Waals surface area contributed by atoms with Crippen molar-refractivity contribution < 1.29 is 0 Å². The Hall–Kier alpha value is -0.640. The minimum Gasteiger partial charge on any atom is -0.309 e. The van der Waals surface area contributed by atoms with E-state index in [1.165, 1.54) is 22.4 Å². The topological polar surface area (TPSA) is 24.9 Å². The van der Waals surface area contributed by atoms with Crippen LogP contribution in [0.4, 0.5) is 0 Å². The normalized spacial score (nSPS) is 21.3. The molecule has 4 heteroatoms. The summed E-state index contributed by atoms with van der Waals surface area (Å²) in [5.41, 5.74) is 1.02. The fraction of sp³-hybridized carbons (Fsp3) is 0.364. The third kappa shape index (κ3) is 1.75. The average Bonchev–Trinajstić information content (AvgIpc) is 2.84. The van der Waals surface area contributed by atoms with E-state index in [0.717, 1.165) is 12.1 Å². The summed E-state index contributed by atoms with van der Waals surface area (Å²) in [4.78, 5) is 5.70. The third-order valence-corrected chi connectivity index (χ3v) is 4.18. The molecule has 1 N–H and O–H groups in total. The maximum atomic E-state index is 5.87. The van der Waals surface area contributed by atoms with Gasteiger partial charge in [0.05, 0.1) is 10.2 Å². The van der Waals surface area contributed by atoms with Crippen LogP contribution in [0.1, 0.15) is 23.8 Å². The second-order valence-electron chi connectivity index (χ2n) is 3.82. The van der Waals surface area contributed by atoms with Gasteiger partial charge < -0.3 is 5.32 Å². The highest BCUT2D eigenvalue weighted by Crippen LogP contribution is 2.33. The Bertz CT molecular complexity index is 488. The Balaban J connectivity index is 2.05. The molecule has 0 radical (unpaired) electrons. The zero-order valence-electron chi connectivity index (χ0n) is 8.16. The van der Waals surface area contributed by atoms with E-state index in [1.54, 1.807) is 0 Å². The monoisotopic (exact) mass is 238 g/mol. The minimum absolute atomic E-state index is 0.531. The van der Waals surface area contributed by atoms with Gasteiger partial charge in [-0.1, -0.05) is 11.6 Å². The fourth-order valence-electron chi connectivity index (χ4n) is 2.02. The summed E-state index contributed by atoms with van der Waals surface area (Å²) < 4.78 is 1.23. The van der Waals surface area contributed by atoms with Crippen molar-refractivity contribution in [1.82, 2.24) is 10.3 Å². The highest BCUT2D eigenvalue weighted by molar-refractivity contribution is 7.19. The van der Waals surface area contributed by atoms with Gasteiger partial charge >= 0.3 is 0 Å². The van der Waals surface area contributed by atoms with Gasteiger partial charge in [-0.05, 0) is 37.6 Å². The van der Waals surface area contributed by atoms with Gasteiger partial charge in [-0.2, -0.15) is 0 Å². The largest absolute Gasteiger partial charge is 0.309 e. The number of hydrogen-bond donors (Lipinski definition) is 1. The lowest BCUT2D eigenvalue weighted by molar-refractivity contribution is 0.660. The van der Waals surface area contributed by atoms with Crippen LogP contribution in [-0.4, -0.2) is 11.5 Å². The molecule has 1 fully saturated rings. The molecule has 78 valence electrons. The summed E-state index contributed by atoms with van der Waals surface area (Å²) >= 11 is 7.69. The second-order valence-corrected chi connectivity index (χ2v) is 5.32. The Morgan fingerprint density at radius 3 is 3.20 bits per heavy atom. The zero-order valence-corrected chi connectivity index (χ0v) is 9.74. The van der Waals surface area contributed by atoms with Crippen molar-refractivity contribution in [3.63, 3.8) is 0 Å². The number of hydrogen-bond acceptors (Lipinski definition) is 3. The average molecular weight is 239 g/mol. The van der Waals surface area contributed by atoms with Crippen LogP contribution in [0.3, 0.4) is 0 Å². The van der Waals surface area contributed by atoms with Gasteiger partial charge in [-0.3, -0.25) is 0 Å². The molecule has 15 heavy (non-hydrogen) atoms. The molecule has 0 saturated carbocycles. The van der Waals surface area contributed by atoms with Gasteiger partial charge in [0.1, 0.15) is 5.15 Å². The first-order valence-corrected chi connectivity index (χ1v) is 6.32. The summed E-state index contributed by atoms with van der Waals surface area (Å²) in [6.45, 7) is 1.13. The Morgan fingerprint density at radius 2 is 2.40 bits per heavy atom. The van der Waals surface area contributed by atoms with Crippen molar-refractivity contribution in [2.75, 3.05) is 6.54 Å². The van der Waals surface area contributed by atoms with Crippen molar-refractivity contribution in [2.24, 2.45) is 0 Å². The molecule has 2 aromatic rings. The first kappa shape index (κ1) is 9.58. The molecule has 0 spiro atoms. The Morgan fingerprint density at radius 1 is 1.47 bits per heavy atom. The fourth-order valence-corrected chi connectivity index (χ4v) is 3.28. The number of rotatable bonds is 1. The molecule has 1 aliphatic rings. The number of nitrogens with one attached hydrogen (secondary N) is 1. The van der Waals surface area contributed by atoms with Crippen LogP contribution >= 0.6 is 22.9 Å². The molecule has 0 amide bonds. The van der Waals surface area contributed by atoms with Crippen molar-refractivity contribution in [3.05, 3.63) is 28.2 Å². The van der Waals surface area contributed by atoms with Crippen LogP contribution in [0.15, 0.2) is 18.2 Å². The van der Waals surface area contributed by atoms with E-state index in [9.17, 15) is 0 Å². The summed E-state index contributed by atoms with van der Waals surface area (Å²) in [6, 6.07) is 6.59. The van der Waals surface area contributed by atoms with Gasteiger partial charge in [0.25, 0.3) is 0 Å². The molecule has 1 atom stereocenters. The molecule has 2 aromatic heterocycles. The quantitative estimate of drug-likeness (QED) is 0.771.